The number of carbonyl (C=O) groups is 1. The molecule has 1 aromatic rings. The Morgan fingerprint density at radius 2 is 2.05 bits per heavy atom. The van der Waals surface area contributed by atoms with Crippen LogP contribution in [0, 0.1) is 0 Å². The highest BCUT2D eigenvalue weighted by Crippen LogP contribution is 2.24. The largest absolute Gasteiger partial charge is 0.487 e. The second kappa shape index (κ2) is 10.7. The third-order valence-electron chi connectivity index (χ3n) is 3.03. The van der Waals surface area contributed by atoms with E-state index in [1.165, 1.54) is 0 Å². The summed E-state index contributed by atoms with van der Waals surface area (Å²) < 4.78 is 5.80. The smallest absolute Gasteiger partial charge is 0.237 e. The van der Waals surface area contributed by atoms with Crippen LogP contribution in [0.1, 0.15) is 33.1 Å². The van der Waals surface area contributed by atoms with Gasteiger partial charge in [0.15, 0.2) is 0 Å². The predicted molar refractivity (Wildman–Crippen MR) is 89.3 cm³/mol. The standard InChI is InChI=1S/C15H23ClN2O2.ClH/c1-3-7-13(17)15(19)18-10-11(4-2)20-14-9-6-5-8-12(14)16;/h5-6,8-9,11,13H,3-4,7,10,17H2,1-2H3,(H,18,19);1H. The summed E-state index contributed by atoms with van der Waals surface area (Å²) in [5, 5.41) is 3.40. The summed E-state index contributed by atoms with van der Waals surface area (Å²) in [4.78, 5) is 11.8. The number of rotatable bonds is 8. The van der Waals surface area contributed by atoms with Gasteiger partial charge in [0.05, 0.1) is 17.6 Å². The molecule has 1 rings (SSSR count). The van der Waals surface area contributed by atoms with Gasteiger partial charge in [0.25, 0.3) is 0 Å². The van der Waals surface area contributed by atoms with E-state index in [2.05, 4.69) is 5.32 Å². The van der Waals surface area contributed by atoms with Gasteiger partial charge in [-0.2, -0.15) is 0 Å². The fourth-order valence-electron chi connectivity index (χ4n) is 1.78. The summed E-state index contributed by atoms with van der Waals surface area (Å²) in [5.41, 5.74) is 5.76. The van der Waals surface area contributed by atoms with Gasteiger partial charge in [0.1, 0.15) is 11.9 Å². The van der Waals surface area contributed by atoms with Crippen LogP contribution in [-0.4, -0.2) is 24.6 Å². The topological polar surface area (TPSA) is 64.4 Å². The summed E-state index contributed by atoms with van der Waals surface area (Å²) in [7, 11) is 0. The zero-order valence-electron chi connectivity index (χ0n) is 12.5. The van der Waals surface area contributed by atoms with Crippen molar-refractivity contribution >= 4 is 29.9 Å². The molecule has 0 radical (unpaired) electrons. The molecule has 21 heavy (non-hydrogen) atoms. The van der Waals surface area contributed by atoms with Crippen molar-refractivity contribution in [3.8, 4) is 5.75 Å². The van der Waals surface area contributed by atoms with E-state index in [1.807, 2.05) is 32.0 Å². The number of halogens is 2. The van der Waals surface area contributed by atoms with Gasteiger partial charge < -0.3 is 15.8 Å². The third-order valence-corrected chi connectivity index (χ3v) is 3.34. The van der Waals surface area contributed by atoms with Crippen molar-refractivity contribution in [1.82, 2.24) is 5.32 Å². The Morgan fingerprint density at radius 3 is 2.62 bits per heavy atom. The van der Waals surface area contributed by atoms with Crippen LogP contribution in [0.2, 0.25) is 5.02 Å². The Labute approximate surface area is 137 Å². The van der Waals surface area contributed by atoms with E-state index in [4.69, 9.17) is 22.1 Å². The van der Waals surface area contributed by atoms with Gasteiger partial charge in [0, 0.05) is 0 Å². The van der Waals surface area contributed by atoms with Gasteiger partial charge in [-0.3, -0.25) is 4.79 Å². The van der Waals surface area contributed by atoms with Crippen LogP contribution in [0.3, 0.4) is 0 Å². The molecule has 2 atom stereocenters. The zero-order chi connectivity index (χ0) is 15.0. The summed E-state index contributed by atoms with van der Waals surface area (Å²) in [6.45, 7) is 4.43. The fraction of sp³-hybridized carbons (Fsp3) is 0.533. The molecule has 0 saturated carbocycles. The van der Waals surface area contributed by atoms with Gasteiger partial charge in [-0.05, 0) is 25.0 Å². The Morgan fingerprint density at radius 1 is 1.38 bits per heavy atom. The lowest BCUT2D eigenvalue weighted by atomic mass is 10.1. The number of para-hydroxylation sites is 1. The van der Waals surface area contributed by atoms with E-state index in [0.29, 0.717) is 23.7 Å². The van der Waals surface area contributed by atoms with E-state index < -0.39 is 6.04 Å². The fourth-order valence-corrected chi connectivity index (χ4v) is 1.96. The minimum Gasteiger partial charge on any atom is -0.487 e. The second-order valence-electron chi connectivity index (χ2n) is 4.72. The lowest BCUT2D eigenvalue weighted by Crippen LogP contribution is -2.44. The molecular weight excluding hydrogens is 311 g/mol. The zero-order valence-corrected chi connectivity index (χ0v) is 14.0. The molecule has 3 N–H and O–H groups in total. The van der Waals surface area contributed by atoms with E-state index in [-0.39, 0.29) is 24.4 Å². The first-order valence-corrected chi connectivity index (χ1v) is 7.40. The number of hydrogen-bond acceptors (Lipinski definition) is 3. The normalized spacial score (nSPS) is 13.0. The van der Waals surface area contributed by atoms with Gasteiger partial charge in [0.2, 0.25) is 5.91 Å². The van der Waals surface area contributed by atoms with Crippen molar-refractivity contribution in [3.63, 3.8) is 0 Å². The molecule has 0 aliphatic rings. The highest BCUT2D eigenvalue weighted by molar-refractivity contribution is 6.32. The number of amides is 1. The van der Waals surface area contributed by atoms with Crippen LogP contribution < -0.4 is 15.8 Å². The summed E-state index contributed by atoms with van der Waals surface area (Å²) in [6, 6.07) is 6.86. The summed E-state index contributed by atoms with van der Waals surface area (Å²) >= 11 is 6.05. The number of benzene rings is 1. The summed E-state index contributed by atoms with van der Waals surface area (Å²) in [5.74, 6) is 0.501. The lowest BCUT2D eigenvalue weighted by Gasteiger charge is -2.20. The Bertz CT molecular complexity index is 430. The Balaban J connectivity index is 0.00000400. The molecule has 0 heterocycles. The van der Waals surface area contributed by atoms with Crippen LogP contribution in [-0.2, 0) is 4.79 Å². The number of nitrogens with one attached hydrogen (secondary N) is 1. The molecule has 0 fully saturated rings. The highest BCUT2D eigenvalue weighted by Gasteiger charge is 2.15. The van der Waals surface area contributed by atoms with Crippen LogP contribution in [0.4, 0.5) is 0 Å². The van der Waals surface area contributed by atoms with E-state index >= 15 is 0 Å². The molecule has 1 aromatic carbocycles. The average Bonchev–Trinajstić information content (AvgIpc) is 2.45. The van der Waals surface area contributed by atoms with Crippen molar-refractivity contribution < 1.29 is 9.53 Å². The molecule has 120 valence electrons. The van der Waals surface area contributed by atoms with Crippen molar-refractivity contribution in [1.29, 1.82) is 0 Å². The minimum absolute atomic E-state index is 0. The SMILES string of the molecule is CCCC(N)C(=O)NCC(CC)Oc1ccccc1Cl.Cl. The van der Waals surface area contributed by atoms with E-state index in [0.717, 1.165) is 12.8 Å². The first kappa shape index (κ1) is 20.0. The maximum absolute atomic E-state index is 11.8. The Hall–Kier alpha value is -0.970. The average molecular weight is 335 g/mol. The molecular formula is C15H24Cl2N2O2. The quantitative estimate of drug-likeness (QED) is 0.767. The van der Waals surface area contributed by atoms with Crippen LogP contribution in [0.25, 0.3) is 0 Å². The van der Waals surface area contributed by atoms with Gasteiger partial charge >= 0.3 is 0 Å². The minimum atomic E-state index is -0.446. The van der Waals surface area contributed by atoms with Crippen LogP contribution in [0.15, 0.2) is 24.3 Å². The van der Waals surface area contributed by atoms with Crippen LogP contribution in [0.5, 0.6) is 5.75 Å². The molecule has 1 amide bonds. The summed E-state index contributed by atoms with van der Waals surface area (Å²) in [6.07, 6.45) is 2.23. The van der Waals surface area contributed by atoms with Crippen molar-refractivity contribution in [3.05, 3.63) is 29.3 Å². The lowest BCUT2D eigenvalue weighted by molar-refractivity contribution is -0.122. The van der Waals surface area contributed by atoms with E-state index in [1.54, 1.807) is 6.07 Å². The van der Waals surface area contributed by atoms with Gasteiger partial charge in [-0.1, -0.05) is 44.0 Å². The molecule has 4 nitrogen and oxygen atoms in total. The highest BCUT2D eigenvalue weighted by atomic mass is 35.5. The van der Waals surface area contributed by atoms with Crippen molar-refractivity contribution in [2.75, 3.05) is 6.54 Å². The number of carbonyl (C=O) groups excluding carboxylic acids is 1. The first-order valence-electron chi connectivity index (χ1n) is 7.02. The maximum atomic E-state index is 11.8. The van der Waals surface area contributed by atoms with Crippen molar-refractivity contribution in [2.24, 2.45) is 5.73 Å². The predicted octanol–water partition coefficient (Wildman–Crippen LogP) is 3.16. The molecule has 0 aliphatic carbocycles. The second-order valence-corrected chi connectivity index (χ2v) is 5.13. The molecule has 0 aliphatic heterocycles. The number of ether oxygens (including phenoxy) is 1. The molecule has 2 unspecified atom stereocenters. The molecule has 0 aromatic heterocycles. The maximum Gasteiger partial charge on any atom is 0.237 e. The van der Waals surface area contributed by atoms with E-state index in [9.17, 15) is 4.79 Å². The Kier molecular flexibility index (Phi) is 10.2. The van der Waals surface area contributed by atoms with Crippen LogP contribution >= 0.6 is 24.0 Å². The molecule has 0 spiro atoms. The molecule has 6 heteroatoms. The van der Waals surface area contributed by atoms with Gasteiger partial charge in [-0.25, -0.2) is 0 Å². The third kappa shape index (κ3) is 7.02. The number of nitrogens with two attached hydrogens (primary N) is 1. The van der Waals surface area contributed by atoms with Crippen molar-refractivity contribution in [2.45, 2.75) is 45.3 Å². The molecule has 0 bridgehead atoms. The first-order chi connectivity index (χ1) is 9.58. The van der Waals surface area contributed by atoms with Gasteiger partial charge in [-0.15, -0.1) is 12.4 Å². The number of hydrogen-bond donors (Lipinski definition) is 2. The molecule has 0 saturated heterocycles. The monoisotopic (exact) mass is 334 g/mol.